The van der Waals surface area contributed by atoms with Crippen molar-refractivity contribution in [2.24, 2.45) is 0 Å². The van der Waals surface area contributed by atoms with Gasteiger partial charge in [0, 0.05) is 29.2 Å². The van der Waals surface area contributed by atoms with Crippen molar-refractivity contribution in [2.45, 2.75) is 36.0 Å². The summed E-state index contributed by atoms with van der Waals surface area (Å²) in [5.41, 5.74) is 1.88. The van der Waals surface area contributed by atoms with Gasteiger partial charge in [0.15, 0.2) is 9.84 Å². The summed E-state index contributed by atoms with van der Waals surface area (Å²) in [5, 5.41) is 4.21. The molecule has 0 atom stereocenters. The fraction of sp³-hybridized carbons (Fsp3) is 0.364. The number of rotatable bonds is 6. The van der Waals surface area contributed by atoms with Crippen LogP contribution < -0.4 is 10.1 Å². The minimum atomic E-state index is -3.31. The number of anilines is 1. The van der Waals surface area contributed by atoms with Gasteiger partial charge in [-0.15, -0.1) is 0 Å². The minimum Gasteiger partial charge on any atom is -0.496 e. The van der Waals surface area contributed by atoms with Crippen molar-refractivity contribution in [3.8, 4) is 5.75 Å². The van der Waals surface area contributed by atoms with Gasteiger partial charge < -0.3 is 10.1 Å². The molecule has 0 radical (unpaired) electrons. The molecule has 1 heterocycles. The number of nitrogens with one attached hydrogen (secondary N) is 1. The summed E-state index contributed by atoms with van der Waals surface area (Å²) in [6.45, 7) is 0.697. The molecule has 6 nitrogen and oxygen atoms in total. The number of para-hydroxylation sites is 1. The highest BCUT2D eigenvalue weighted by Gasteiger charge is 2.37. The molecular weight excluding hydrogens is 386 g/mol. The molecule has 152 valence electrons. The number of methoxy groups -OCH3 is 1. The number of nitrogens with zero attached hydrogens (tertiary/aromatic N) is 2. The fourth-order valence-electron chi connectivity index (χ4n) is 4.34. The lowest BCUT2D eigenvalue weighted by Gasteiger charge is -2.31. The van der Waals surface area contributed by atoms with E-state index in [0.29, 0.717) is 23.3 Å². The van der Waals surface area contributed by atoms with Crippen LogP contribution in [0.1, 0.15) is 31.2 Å². The fourth-order valence-corrected chi connectivity index (χ4v) is 4.98. The molecule has 3 aromatic rings. The highest BCUT2D eigenvalue weighted by atomic mass is 32.2. The smallest absolute Gasteiger partial charge is 0.175 e. The van der Waals surface area contributed by atoms with Crippen LogP contribution in [0.4, 0.5) is 5.82 Å². The summed E-state index contributed by atoms with van der Waals surface area (Å²) >= 11 is 0. The molecular formula is C22H25N3O3S. The van der Waals surface area contributed by atoms with E-state index in [0.717, 1.165) is 18.6 Å². The molecule has 1 aromatic heterocycles. The van der Waals surface area contributed by atoms with Crippen molar-refractivity contribution in [1.29, 1.82) is 0 Å². The van der Waals surface area contributed by atoms with E-state index in [4.69, 9.17) is 4.74 Å². The molecule has 0 aliphatic heterocycles. The van der Waals surface area contributed by atoms with Crippen LogP contribution in [0.5, 0.6) is 5.75 Å². The van der Waals surface area contributed by atoms with Gasteiger partial charge >= 0.3 is 0 Å². The van der Waals surface area contributed by atoms with E-state index in [1.54, 1.807) is 25.3 Å². The van der Waals surface area contributed by atoms with Crippen LogP contribution in [0.25, 0.3) is 10.9 Å². The minimum absolute atomic E-state index is 0.0433. The summed E-state index contributed by atoms with van der Waals surface area (Å²) in [7, 11) is -1.60. The number of ether oxygens (including phenoxy) is 1. The third kappa shape index (κ3) is 3.79. The zero-order chi connectivity index (χ0) is 20.5. The first-order chi connectivity index (χ1) is 13.9. The predicted octanol–water partition coefficient (Wildman–Crippen LogP) is 3.97. The van der Waals surface area contributed by atoms with Crippen molar-refractivity contribution in [2.75, 3.05) is 25.2 Å². The maximum absolute atomic E-state index is 12.0. The first kappa shape index (κ1) is 19.6. The predicted molar refractivity (Wildman–Crippen MR) is 114 cm³/mol. The molecule has 0 spiro atoms. The van der Waals surface area contributed by atoms with Crippen molar-refractivity contribution >= 4 is 26.6 Å². The van der Waals surface area contributed by atoms with Crippen molar-refractivity contribution in [3.63, 3.8) is 0 Å². The van der Waals surface area contributed by atoms with Gasteiger partial charge in [0.1, 0.15) is 17.9 Å². The van der Waals surface area contributed by atoms with E-state index >= 15 is 0 Å². The highest BCUT2D eigenvalue weighted by molar-refractivity contribution is 7.90. The van der Waals surface area contributed by atoms with E-state index in [9.17, 15) is 8.42 Å². The Morgan fingerprint density at radius 3 is 2.59 bits per heavy atom. The second-order valence-electron chi connectivity index (χ2n) is 7.71. The second kappa shape index (κ2) is 7.63. The molecule has 0 amide bonds. The molecule has 4 rings (SSSR count). The molecule has 7 heteroatoms. The first-order valence-corrected chi connectivity index (χ1v) is 11.6. The van der Waals surface area contributed by atoms with Gasteiger partial charge in [0.25, 0.3) is 0 Å². The van der Waals surface area contributed by atoms with E-state index in [2.05, 4.69) is 27.4 Å². The van der Waals surface area contributed by atoms with E-state index < -0.39 is 9.84 Å². The van der Waals surface area contributed by atoms with Gasteiger partial charge in [-0.3, -0.25) is 0 Å². The Bertz CT molecular complexity index is 1140. The van der Waals surface area contributed by atoms with Crippen LogP contribution in [-0.2, 0) is 15.3 Å². The maximum atomic E-state index is 12.0. The number of aromatic nitrogens is 2. The normalized spacial score (nSPS) is 16.1. The van der Waals surface area contributed by atoms with Crippen LogP contribution in [-0.4, -0.2) is 38.3 Å². The van der Waals surface area contributed by atoms with Crippen LogP contribution in [0.2, 0.25) is 0 Å². The van der Waals surface area contributed by atoms with Crippen molar-refractivity contribution in [3.05, 3.63) is 54.4 Å². The summed E-state index contributed by atoms with van der Waals surface area (Å²) in [6.07, 6.45) is 7.19. The summed E-state index contributed by atoms with van der Waals surface area (Å²) in [4.78, 5) is 8.96. The number of fused-ring (bicyclic) bond motifs is 1. The topological polar surface area (TPSA) is 81.2 Å². The number of hydrogen-bond acceptors (Lipinski definition) is 6. The Hall–Kier alpha value is -2.67. The van der Waals surface area contributed by atoms with Crippen LogP contribution in [0.15, 0.2) is 53.7 Å². The standard InChI is InChI=1S/C22H25N3O3S/c1-28-20-8-4-3-7-18(20)22(11-5-6-12-22)14-23-21-17-13-16(29(2,26)27)9-10-19(17)24-15-25-21/h3-4,7-10,13,15H,5-6,11-12,14H2,1-2H3,(H,23,24,25). The highest BCUT2D eigenvalue weighted by Crippen LogP contribution is 2.45. The summed E-state index contributed by atoms with van der Waals surface area (Å²) < 4.78 is 29.6. The average molecular weight is 412 g/mol. The first-order valence-electron chi connectivity index (χ1n) is 9.75. The van der Waals surface area contributed by atoms with Crippen LogP contribution in [0.3, 0.4) is 0 Å². The van der Waals surface area contributed by atoms with Crippen LogP contribution >= 0.6 is 0 Å². The molecule has 0 bridgehead atoms. The molecule has 1 N–H and O–H groups in total. The van der Waals surface area contributed by atoms with Gasteiger partial charge in [0.05, 0.1) is 17.5 Å². The molecule has 0 saturated heterocycles. The number of benzene rings is 2. The Labute approximate surface area is 171 Å². The summed E-state index contributed by atoms with van der Waals surface area (Å²) in [6, 6.07) is 13.2. The van der Waals surface area contributed by atoms with Gasteiger partial charge in [0.2, 0.25) is 0 Å². The second-order valence-corrected chi connectivity index (χ2v) is 9.73. The molecule has 1 aliphatic carbocycles. The third-order valence-electron chi connectivity index (χ3n) is 5.87. The molecule has 29 heavy (non-hydrogen) atoms. The largest absolute Gasteiger partial charge is 0.496 e. The average Bonchev–Trinajstić information content (AvgIpc) is 3.21. The summed E-state index contributed by atoms with van der Waals surface area (Å²) in [5.74, 6) is 1.56. The molecule has 2 aromatic carbocycles. The van der Waals surface area contributed by atoms with Gasteiger partial charge in [-0.1, -0.05) is 31.0 Å². The van der Waals surface area contributed by atoms with E-state index in [1.165, 1.54) is 31.0 Å². The van der Waals surface area contributed by atoms with Crippen molar-refractivity contribution in [1.82, 2.24) is 9.97 Å². The molecule has 1 saturated carbocycles. The lowest BCUT2D eigenvalue weighted by molar-refractivity contribution is 0.381. The SMILES string of the molecule is COc1ccccc1C1(CNc2ncnc3ccc(S(C)(=O)=O)cc23)CCCC1. The monoisotopic (exact) mass is 411 g/mol. The Morgan fingerprint density at radius 2 is 1.86 bits per heavy atom. The number of hydrogen-bond donors (Lipinski definition) is 1. The van der Waals surface area contributed by atoms with Crippen LogP contribution in [0, 0.1) is 0 Å². The Kier molecular flexibility index (Phi) is 5.17. The molecule has 1 aliphatic rings. The lowest BCUT2D eigenvalue weighted by atomic mass is 9.78. The van der Waals surface area contributed by atoms with E-state index in [1.807, 2.05) is 12.1 Å². The number of sulfone groups is 1. The zero-order valence-corrected chi connectivity index (χ0v) is 17.5. The van der Waals surface area contributed by atoms with Gasteiger partial charge in [-0.05, 0) is 37.1 Å². The Balaban J connectivity index is 1.71. The third-order valence-corrected chi connectivity index (χ3v) is 6.98. The lowest BCUT2D eigenvalue weighted by Crippen LogP contribution is -2.32. The molecule has 1 fully saturated rings. The van der Waals surface area contributed by atoms with E-state index in [-0.39, 0.29) is 10.3 Å². The quantitative estimate of drug-likeness (QED) is 0.661. The Morgan fingerprint density at radius 1 is 1.10 bits per heavy atom. The van der Waals surface area contributed by atoms with Gasteiger partial charge in [-0.2, -0.15) is 0 Å². The maximum Gasteiger partial charge on any atom is 0.175 e. The van der Waals surface area contributed by atoms with Gasteiger partial charge in [-0.25, -0.2) is 18.4 Å². The zero-order valence-electron chi connectivity index (χ0n) is 16.7. The van der Waals surface area contributed by atoms with Crippen molar-refractivity contribution < 1.29 is 13.2 Å². The molecule has 0 unspecified atom stereocenters.